The summed E-state index contributed by atoms with van der Waals surface area (Å²) in [6, 6.07) is 4.75. The number of nitrogens with one attached hydrogen (secondary N) is 2. The van der Waals surface area contributed by atoms with Crippen molar-refractivity contribution in [3.63, 3.8) is 0 Å². The van der Waals surface area contributed by atoms with Gasteiger partial charge in [0.05, 0.1) is 11.0 Å². The first-order valence-corrected chi connectivity index (χ1v) is 7.96. The van der Waals surface area contributed by atoms with E-state index in [9.17, 15) is 14.4 Å². The number of carbonyl (C=O) groups excluding carboxylic acids is 2. The number of hydrogen-bond donors (Lipinski definition) is 2. The van der Waals surface area contributed by atoms with Gasteiger partial charge in [-0.3, -0.25) is 24.0 Å². The van der Waals surface area contributed by atoms with Crippen molar-refractivity contribution in [2.24, 2.45) is 7.05 Å². The Morgan fingerprint density at radius 3 is 2.62 bits per heavy atom. The summed E-state index contributed by atoms with van der Waals surface area (Å²) in [7, 11) is 1.67. The van der Waals surface area contributed by atoms with E-state index in [2.05, 4.69) is 10.6 Å². The monoisotopic (exact) mass is 330 g/mol. The molecule has 4 rings (SSSR count). The Bertz CT molecular complexity index is 893. The van der Waals surface area contributed by atoms with Crippen molar-refractivity contribution in [3.05, 3.63) is 28.7 Å². The fraction of sp³-hybridized carbons (Fsp3) is 0.438. The molecule has 126 valence electrons. The van der Waals surface area contributed by atoms with E-state index in [0.29, 0.717) is 23.2 Å². The van der Waals surface area contributed by atoms with Crippen molar-refractivity contribution in [2.75, 3.05) is 13.1 Å². The Morgan fingerprint density at radius 2 is 1.96 bits per heavy atom. The van der Waals surface area contributed by atoms with Crippen LogP contribution < -0.4 is 21.1 Å². The predicted molar refractivity (Wildman–Crippen MR) is 85.9 cm³/mol. The molecule has 2 amide bonds. The van der Waals surface area contributed by atoms with Crippen LogP contribution in [0.5, 0.6) is 5.75 Å². The van der Waals surface area contributed by atoms with Gasteiger partial charge in [0, 0.05) is 32.6 Å². The molecular formula is C16H18N4O4. The minimum atomic E-state index is -0.665. The number of fused-ring (bicyclic) bond motifs is 1. The number of carbonyl (C=O) groups is 2. The molecule has 24 heavy (non-hydrogen) atoms. The number of amides is 2. The molecule has 0 bridgehead atoms. The van der Waals surface area contributed by atoms with Crippen LogP contribution in [0, 0.1) is 0 Å². The largest absolute Gasteiger partial charge is 0.488 e. The highest BCUT2D eigenvalue weighted by molar-refractivity contribution is 6.00. The van der Waals surface area contributed by atoms with Gasteiger partial charge in [-0.2, -0.15) is 0 Å². The van der Waals surface area contributed by atoms with E-state index in [0.717, 1.165) is 13.1 Å². The van der Waals surface area contributed by atoms with Gasteiger partial charge in [-0.05, 0) is 18.6 Å². The van der Waals surface area contributed by atoms with Crippen LogP contribution >= 0.6 is 0 Å². The van der Waals surface area contributed by atoms with E-state index in [1.54, 1.807) is 13.1 Å². The van der Waals surface area contributed by atoms with Crippen molar-refractivity contribution >= 4 is 22.8 Å². The van der Waals surface area contributed by atoms with Gasteiger partial charge >= 0.3 is 5.69 Å². The highest BCUT2D eigenvalue weighted by Crippen LogP contribution is 2.26. The normalized spacial score (nSPS) is 21.6. The second-order valence-corrected chi connectivity index (χ2v) is 6.23. The first-order chi connectivity index (χ1) is 11.5. The molecular weight excluding hydrogens is 312 g/mol. The van der Waals surface area contributed by atoms with Gasteiger partial charge in [-0.15, -0.1) is 0 Å². The van der Waals surface area contributed by atoms with Crippen LogP contribution in [-0.2, 0) is 16.6 Å². The van der Waals surface area contributed by atoms with Gasteiger partial charge < -0.3 is 10.1 Å². The number of aromatic nitrogens is 2. The number of nitrogens with zero attached hydrogens (tertiary/aromatic N) is 2. The number of imidazole rings is 1. The fourth-order valence-corrected chi connectivity index (χ4v) is 3.18. The maximum absolute atomic E-state index is 12.6. The van der Waals surface area contributed by atoms with E-state index in [1.165, 1.54) is 9.13 Å². The SMILES string of the molecule is Cn1c(=O)n(C2CCC(=O)NC2=O)c2ccc(OC3CNC3)cc21. The molecule has 2 N–H and O–H groups in total. The van der Waals surface area contributed by atoms with Crippen LogP contribution in [0.15, 0.2) is 23.0 Å². The lowest BCUT2D eigenvalue weighted by Crippen LogP contribution is -2.50. The van der Waals surface area contributed by atoms with Crippen molar-refractivity contribution in [1.82, 2.24) is 19.8 Å². The first kappa shape index (κ1) is 14.9. The van der Waals surface area contributed by atoms with Gasteiger partial charge in [0.25, 0.3) is 0 Å². The molecule has 1 atom stereocenters. The Hall–Kier alpha value is -2.61. The number of rotatable bonds is 3. The summed E-state index contributed by atoms with van der Waals surface area (Å²) in [5.74, 6) is -0.0268. The van der Waals surface area contributed by atoms with Crippen LogP contribution in [-0.4, -0.2) is 40.1 Å². The zero-order valence-corrected chi connectivity index (χ0v) is 13.2. The van der Waals surface area contributed by atoms with Crippen molar-refractivity contribution < 1.29 is 14.3 Å². The Balaban J connectivity index is 1.76. The quantitative estimate of drug-likeness (QED) is 0.752. The summed E-state index contributed by atoms with van der Waals surface area (Å²) in [5.41, 5.74) is 1.09. The van der Waals surface area contributed by atoms with Crippen molar-refractivity contribution in [3.8, 4) is 5.75 Å². The zero-order chi connectivity index (χ0) is 16.8. The molecule has 2 aromatic rings. The predicted octanol–water partition coefficient (Wildman–Crippen LogP) is -0.332. The molecule has 0 spiro atoms. The smallest absolute Gasteiger partial charge is 0.329 e. The first-order valence-electron chi connectivity index (χ1n) is 7.96. The molecule has 1 aromatic carbocycles. The molecule has 3 heterocycles. The van der Waals surface area contributed by atoms with Gasteiger partial charge in [0.2, 0.25) is 11.8 Å². The third-order valence-electron chi connectivity index (χ3n) is 4.63. The third-order valence-corrected chi connectivity index (χ3v) is 4.63. The average molecular weight is 330 g/mol. The van der Waals surface area contributed by atoms with Crippen LogP contribution in [0.25, 0.3) is 11.0 Å². The van der Waals surface area contributed by atoms with Crippen LogP contribution in [0.1, 0.15) is 18.9 Å². The molecule has 2 aliphatic rings. The number of ether oxygens (including phenoxy) is 1. The third kappa shape index (κ3) is 2.30. The molecule has 0 saturated carbocycles. The Labute approximate surface area is 137 Å². The Morgan fingerprint density at radius 1 is 1.17 bits per heavy atom. The number of benzene rings is 1. The maximum Gasteiger partial charge on any atom is 0.329 e. The molecule has 2 saturated heterocycles. The minimum absolute atomic E-state index is 0.150. The van der Waals surface area contributed by atoms with Gasteiger partial charge in [-0.25, -0.2) is 4.79 Å². The summed E-state index contributed by atoms with van der Waals surface area (Å²) < 4.78 is 8.80. The lowest BCUT2D eigenvalue weighted by molar-refractivity contribution is -0.135. The Kier molecular flexibility index (Phi) is 3.42. The summed E-state index contributed by atoms with van der Waals surface area (Å²) in [5, 5.41) is 5.44. The van der Waals surface area contributed by atoms with E-state index in [4.69, 9.17) is 4.74 Å². The number of imide groups is 1. The molecule has 8 nitrogen and oxygen atoms in total. The highest BCUT2D eigenvalue weighted by Gasteiger charge is 2.31. The average Bonchev–Trinajstić information content (AvgIpc) is 2.76. The second-order valence-electron chi connectivity index (χ2n) is 6.23. The summed E-state index contributed by atoms with van der Waals surface area (Å²) in [6.07, 6.45) is 0.710. The lowest BCUT2D eigenvalue weighted by atomic mass is 10.1. The summed E-state index contributed by atoms with van der Waals surface area (Å²) >= 11 is 0. The number of hydrogen-bond acceptors (Lipinski definition) is 5. The minimum Gasteiger partial charge on any atom is -0.488 e. The number of piperidine rings is 1. The van der Waals surface area contributed by atoms with E-state index in [-0.39, 0.29) is 24.1 Å². The van der Waals surface area contributed by atoms with Gasteiger partial charge in [0.15, 0.2) is 0 Å². The molecule has 2 fully saturated rings. The van der Waals surface area contributed by atoms with Gasteiger partial charge in [-0.1, -0.05) is 0 Å². The molecule has 0 aliphatic carbocycles. The van der Waals surface area contributed by atoms with Crippen LogP contribution in [0.2, 0.25) is 0 Å². The zero-order valence-electron chi connectivity index (χ0n) is 13.2. The molecule has 2 aliphatic heterocycles. The van der Waals surface area contributed by atoms with Crippen molar-refractivity contribution in [2.45, 2.75) is 25.0 Å². The number of aryl methyl sites for hydroxylation is 1. The molecule has 1 aromatic heterocycles. The van der Waals surface area contributed by atoms with E-state index in [1.807, 2.05) is 12.1 Å². The van der Waals surface area contributed by atoms with Gasteiger partial charge in [0.1, 0.15) is 17.9 Å². The molecule has 8 heteroatoms. The van der Waals surface area contributed by atoms with E-state index >= 15 is 0 Å². The fourth-order valence-electron chi connectivity index (χ4n) is 3.18. The van der Waals surface area contributed by atoms with Crippen molar-refractivity contribution in [1.29, 1.82) is 0 Å². The maximum atomic E-state index is 12.6. The molecule has 1 unspecified atom stereocenters. The molecule has 0 radical (unpaired) electrons. The lowest BCUT2D eigenvalue weighted by Gasteiger charge is -2.27. The van der Waals surface area contributed by atoms with Crippen LogP contribution in [0.4, 0.5) is 0 Å². The standard InChI is InChI=1S/C16H18N4O4/c1-19-13-6-9(24-10-7-17-8-10)2-3-11(13)20(16(19)23)12-4-5-14(21)18-15(12)22/h2-3,6,10,12,17H,4-5,7-8H2,1H3,(H,18,21,22). The summed E-state index contributed by atoms with van der Waals surface area (Å²) in [6.45, 7) is 1.63. The summed E-state index contributed by atoms with van der Waals surface area (Å²) in [4.78, 5) is 36.1. The topological polar surface area (TPSA) is 94.4 Å². The van der Waals surface area contributed by atoms with Crippen LogP contribution in [0.3, 0.4) is 0 Å². The second kappa shape index (κ2) is 5.48. The van der Waals surface area contributed by atoms with E-state index < -0.39 is 11.9 Å². The highest BCUT2D eigenvalue weighted by atomic mass is 16.5.